The van der Waals surface area contributed by atoms with Crippen molar-refractivity contribution in [3.05, 3.63) is 94.7 Å². The van der Waals surface area contributed by atoms with Gasteiger partial charge in [-0.05, 0) is 111 Å². The molecule has 0 spiro atoms. The van der Waals surface area contributed by atoms with Crippen molar-refractivity contribution >= 4 is 134 Å². The van der Waals surface area contributed by atoms with Gasteiger partial charge in [-0.1, -0.05) is 143 Å². The Morgan fingerprint density at radius 2 is 0.725 bits per heavy atom. The summed E-state index contributed by atoms with van der Waals surface area (Å²) in [5.74, 6) is 2.83. The first-order valence-corrected chi connectivity index (χ1v) is 35.9. The largest absolute Gasteiger partial charge is 0.491 e. The van der Waals surface area contributed by atoms with Crippen LogP contribution in [0.5, 0.6) is 11.5 Å². The summed E-state index contributed by atoms with van der Waals surface area (Å²) in [4.78, 5) is 13.0. The number of rotatable bonds is 30. The molecule has 8 aromatic heterocycles. The average molecular weight is 1210 g/mol. The van der Waals surface area contributed by atoms with Crippen LogP contribution in [0.1, 0.15) is 154 Å². The third kappa shape index (κ3) is 12.6. The van der Waals surface area contributed by atoms with Crippen molar-refractivity contribution in [2.75, 3.05) is 13.2 Å². The van der Waals surface area contributed by atoms with E-state index in [9.17, 15) is 0 Å². The summed E-state index contributed by atoms with van der Waals surface area (Å²) in [6, 6.07) is 32.3. The van der Waals surface area contributed by atoms with Crippen LogP contribution in [0.15, 0.2) is 84.9 Å². The van der Waals surface area contributed by atoms with E-state index in [2.05, 4.69) is 126 Å². The van der Waals surface area contributed by atoms with Gasteiger partial charge in [0, 0.05) is 81.8 Å². The Morgan fingerprint density at radius 3 is 1.11 bits per heavy atom. The van der Waals surface area contributed by atoms with Gasteiger partial charge in [-0.2, -0.15) is 17.5 Å². The fourth-order valence-electron chi connectivity index (χ4n) is 11.0. The Hall–Kier alpha value is -4.38. The minimum Gasteiger partial charge on any atom is -0.491 e. The maximum absolute atomic E-state index is 7.29. The predicted octanol–water partition coefficient (Wildman–Crippen LogP) is 23.8. The molecule has 0 saturated heterocycles. The van der Waals surface area contributed by atoms with Crippen molar-refractivity contribution in [2.45, 2.75) is 157 Å². The summed E-state index contributed by atoms with van der Waals surface area (Å²) in [5, 5.41) is 2.21. The highest BCUT2D eigenvalue weighted by Gasteiger charge is 2.27. The van der Waals surface area contributed by atoms with Crippen LogP contribution in [0.25, 0.3) is 104 Å². The van der Waals surface area contributed by atoms with Crippen molar-refractivity contribution in [1.29, 1.82) is 0 Å². The van der Waals surface area contributed by atoms with Gasteiger partial charge < -0.3 is 9.47 Å². The van der Waals surface area contributed by atoms with Crippen molar-refractivity contribution in [3.63, 3.8) is 0 Å². The highest BCUT2D eigenvalue weighted by atomic mass is 32.1. The third-order valence-electron chi connectivity index (χ3n) is 15.8. The Labute approximate surface area is 506 Å². The van der Waals surface area contributed by atoms with Crippen LogP contribution in [0.3, 0.4) is 0 Å². The van der Waals surface area contributed by atoms with Crippen molar-refractivity contribution < 1.29 is 9.47 Å². The zero-order valence-electron chi connectivity index (χ0n) is 47.3. The number of ether oxygens (including phenoxy) is 2. The topological polar surface area (TPSA) is 70.0 Å². The third-order valence-corrected chi connectivity index (χ3v) is 24.2. The molecule has 80 heavy (non-hydrogen) atoms. The zero-order chi connectivity index (χ0) is 55.0. The molecular formula is C66H74N4O2S8. The highest BCUT2D eigenvalue weighted by molar-refractivity contribution is 7.25. The molecule has 0 aliphatic carbocycles. The molecule has 0 N–H and O–H groups in total. The average Bonchev–Trinajstić information content (AvgIpc) is 4.53. The van der Waals surface area contributed by atoms with Crippen LogP contribution >= 0.6 is 91.5 Å². The van der Waals surface area contributed by atoms with Crippen LogP contribution in [0.4, 0.5) is 0 Å². The molecule has 0 amide bonds. The quantitative estimate of drug-likeness (QED) is 0.0418. The van der Waals surface area contributed by atoms with Crippen LogP contribution < -0.4 is 9.47 Å². The van der Waals surface area contributed by atoms with Gasteiger partial charge in [-0.15, -0.1) is 68.0 Å². The minimum atomic E-state index is 0.462. The Bertz CT molecular complexity index is 3490. The first kappa shape index (κ1) is 57.4. The lowest BCUT2D eigenvalue weighted by atomic mass is 10.0. The molecule has 6 nitrogen and oxygen atoms in total. The van der Waals surface area contributed by atoms with Crippen molar-refractivity contribution in [3.8, 4) is 72.8 Å². The summed E-state index contributed by atoms with van der Waals surface area (Å²) < 4.78 is 36.9. The Kier molecular flexibility index (Phi) is 19.6. The number of hydrogen-bond donors (Lipinski definition) is 0. The van der Waals surface area contributed by atoms with Crippen molar-refractivity contribution in [1.82, 2.24) is 17.5 Å². The zero-order valence-corrected chi connectivity index (χ0v) is 53.8. The molecule has 11 aromatic rings. The van der Waals surface area contributed by atoms with Gasteiger partial charge in [0.25, 0.3) is 0 Å². The first-order valence-electron chi connectivity index (χ1n) is 29.6. The summed E-state index contributed by atoms with van der Waals surface area (Å²) in [7, 11) is 0. The van der Waals surface area contributed by atoms with E-state index in [0.717, 1.165) is 111 Å². The molecule has 0 aliphatic rings. The summed E-state index contributed by atoms with van der Waals surface area (Å²) in [6.07, 6.45) is 21.9. The van der Waals surface area contributed by atoms with Crippen LogP contribution in [0, 0.1) is 11.8 Å². The molecule has 0 radical (unpaired) electrons. The van der Waals surface area contributed by atoms with Gasteiger partial charge in [-0.3, -0.25) is 0 Å². The Balaban J connectivity index is 0.979. The number of aromatic nitrogens is 4. The van der Waals surface area contributed by atoms with Gasteiger partial charge in [0.15, 0.2) is 0 Å². The van der Waals surface area contributed by atoms with E-state index in [4.69, 9.17) is 27.0 Å². The van der Waals surface area contributed by atoms with Gasteiger partial charge in [-0.25, -0.2) is 0 Å². The maximum Gasteiger partial charge on any atom is 0.146 e. The fraction of sp³-hybridized carbons (Fsp3) is 0.424. The summed E-state index contributed by atoms with van der Waals surface area (Å²) in [5.41, 5.74) is 8.28. The molecule has 8 heterocycles. The van der Waals surface area contributed by atoms with Gasteiger partial charge >= 0.3 is 0 Å². The molecule has 14 heteroatoms. The van der Waals surface area contributed by atoms with E-state index in [1.165, 1.54) is 152 Å². The molecule has 2 atom stereocenters. The molecule has 0 fully saturated rings. The minimum absolute atomic E-state index is 0.462. The molecule has 3 aromatic carbocycles. The molecule has 0 bridgehead atoms. The number of hydrogen-bond acceptors (Lipinski definition) is 14. The van der Waals surface area contributed by atoms with Gasteiger partial charge in [0.2, 0.25) is 0 Å². The molecule has 11 rings (SSSR count). The first-order chi connectivity index (χ1) is 39.4. The maximum atomic E-state index is 7.29. The number of aryl methyl sites for hydroxylation is 2. The predicted molar refractivity (Wildman–Crippen MR) is 357 cm³/mol. The molecule has 418 valence electrons. The SMILES string of the molecule is CCCCCCc1ccc(-c2ccc(-c3ccc(-c4cc5c(OCC(CC)CCCC)c6sc(-c7ccc(-c8ccc(-c9ccc(CCCCCC)s9)s8)c8nsnc78)cc6c(OCC(CC)CCCC)c5s4)c4nsnc34)s2)s1. The number of thiophene rings is 6. The smallest absolute Gasteiger partial charge is 0.146 e. The van der Waals surface area contributed by atoms with E-state index in [1.807, 2.05) is 45.3 Å². The van der Waals surface area contributed by atoms with E-state index in [-0.39, 0.29) is 0 Å². The number of unbranched alkanes of at least 4 members (excludes halogenated alkanes) is 8. The fourth-order valence-corrected chi connectivity index (χ4v) is 18.8. The monoisotopic (exact) mass is 1210 g/mol. The highest BCUT2D eigenvalue weighted by Crippen LogP contribution is 2.55. The summed E-state index contributed by atoms with van der Waals surface area (Å²) >= 11 is 13.8. The second kappa shape index (κ2) is 27.3. The lowest BCUT2D eigenvalue weighted by Crippen LogP contribution is -2.12. The van der Waals surface area contributed by atoms with Gasteiger partial charge in [0.1, 0.15) is 33.6 Å². The van der Waals surface area contributed by atoms with Gasteiger partial charge in [0.05, 0.1) is 46.1 Å². The van der Waals surface area contributed by atoms with Crippen LogP contribution in [-0.2, 0) is 12.8 Å². The standard InChI is InChI=1S/C66H74N4O2S8/c1-7-13-17-19-23-43-25-31-53(73-43)55-35-33-51(75-55)45-27-29-47(61-59(45)67-79-69-61)57-37-49-63(71-39-41(11-5)21-15-9-3)66-50(64(65(49)77-57)72-40-42(12-6)22-16-10-4)38-58(78-66)48-30-28-46(60-62(48)70-80-68-60)52-34-36-56(76-52)54-32-26-44(74-54)24-20-18-14-8-2/h25-38,41-42H,7-24,39-40H2,1-6H3. The van der Waals surface area contributed by atoms with E-state index < -0.39 is 0 Å². The van der Waals surface area contributed by atoms with Crippen LogP contribution in [0.2, 0.25) is 0 Å². The Morgan fingerprint density at radius 1 is 0.362 bits per heavy atom. The number of nitrogens with zero attached hydrogens (tertiary/aromatic N) is 4. The molecule has 0 aliphatic heterocycles. The van der Waals surface area contributed by atoms with Crippen molar-refractivity contribution in [2.24, 2.45) is 11.8 Å². The van der Waals surface area contributed by atoms with E-state index >= 15 is 0 Å². The second-order valence-electron chi connectivity index (χ2n) is 21.5. The number of fused-ring (bicyclic) bond motifs is 4. The normalized spacial score (nSPS) is 12.8. The lowest BCUT2D eigenvalue weighted by Gasteiger charge is -2.19. The molecule has 2 unspecified atom stereocenters. The molecular weight excluding hydrogens is 1140 g/mol. The second-order valence-corrected chi connectivity index (χ2v) is 29.2. The van der Waals surface area contributed by atoms with E-state index in [1.54, 1.807) is 22.7 Å². The lowest BCUT2D eigenvalue weighted by molar-refractivity contribution is 0.235. The van der Waals surface area contributed by atoms with E-state index in [0.29, 0.717) is 25.0 Å². The van der Waals surface area contributed by atoms with Crippen LogP contribution in [-0.4, -0.2) is 30.7 Å². The number of benzene rings is 3. The summed E-state index contributed by atoms with van der Waals surface area (Å²) in [6.45, 7) is 15.1. The molecule has 0 saturated carbocycles.